The first-order valence-corrected chi connectivity index (χ1v) is 6.74. The summed E-state index contributed by atoms with van der Waals surface area (Å²) in [6, 6.07) is 6.82. The van der Waals surface area contributed by atoms with Gasteiger partial charge in [0.15, 0.2) is 0 Å². The van der Waals surface area contributed by atoms with Crippen LogP contribution in [0.25, 0.3) is 5.57 Å². The van der Waals surface area contributed by atoms with Crippen LogP contribution >= 0.6 is 11.8 Å². The zero-order valence-electron chi connectivity index (χ0n) is 10.2. The molecule has 0 unspecified atom stereocenters. The van der Waals surface area contributed by atoms with E-state index in [-0.39, 0.29) is 0 Å². The van der Waals surface area contributed by atoms with E-state index in [1.54, 1.807) is 0 Å². The smallest absolute Gasteiger partial charge is 0.0234 e. The molecule has 0 saturated carbocycles. The van der Waals surface area contributed by atoms with E-state index in [2.05, 4.69) is 51.1 Å². The highest BCUT2D eigenvalue weighted by Crippen LogP contribution is 2.39. The maximum absolute atomic E-state index is 2.33. The minimum atomic E-state index is 1.06. The number of hydrogen-bond donors (Lipinski definition) is 0. The van der Waals surface area contributed by atoms with Gasteiger partial charge in [-0.25, -0.2) is 0 Å². The minimum absolute atomic E-state index is 1.06. The van der Waals surface area contributed by atoms with E-state index < -0.39 is 0 Å². The van der Waals surface area contributed by atoms with Gasteiger partial charge in [0, 0.05) is 5.75 Å². The van der Waals surface area contributed by atoms with Gasteiger partial charge in [0.2, 0.25) is 0 Å². The molecule has 0 bridgehead atoms. The standard InChI is InChI=1S/C15H18S/c1-4-5-6-14-12(3)16-10-13-8-7-11(2)9-15(13)14/h4-5,7-9H,6,10H2,1-3H3/b5-4-. The summed E-state index contributed by atoms with van der Waals surface area (Å²) in [4.78, 5) is 1.48. The number of benzene rings is 1. The Balaban J connectivity index is 2.46. The summed E-state index contributed by atoms with van der Waals surface area (Å²) < 4.78 is 0. The average Bonchev–Trinajstić information content (AvgIpc) is 2.28. The Bertz CT molecular complexity index is 453. The highest BCUT2D eigenvalue weighted by atomic mass is 32.2. The average molecular weight is 230 g/mol. The second-order valence-electron chi connectivity index (χ2n) is 4.26. The number of rotatable bonds is 2. The maximum Gasteiger partial charge on any atom is 0.0234 e. The second-order valence-corrected chi connectivity index (χ2v) is 5.45. The van der Waals surface area contributed by atoms with Gasteiger partial charge in [0.25, 0.3) is 0 Å². The number of thioether (sulfide) groups is 1. The SMILES string of the molecule is C/C=C\CC1=C(C)SCc2ccc(C)cc21. The summed E-state index contributed by atoms with van der Waals surface area (Å²) in [6.07, 6.45) is 5.44. The largest absolute Gasteiger partial charge is 0.126 e. The van der Waals surface area contributed by atoms with Crippen LogP contribution in [0.4, 0.5) is 0 Å². The molecule has 1 aliphatic heterocycles. The highest BCUT2D eigenvalue weighted by molar-refractivity contribution is 8.02. The van der Waals surface area contributed by atoms with Crippen molar-refractivity contribution in [1.82, 2.24) is 0 Å². The van der Waals surface area contributed by atoms with E-state index in [1.807, 2.05) is 11.8 Å². The van der Waals surface area contributed by atoms with Crippen LogP contribution in [-0.2, 0) is 5.75 Å². The molecule has 0 amide bonds. The third-order valence-electron chi connectivity index (χ3n) is 3.02. The van der Waals surface area contributed by atoms with E-state index in [9.17, 15) is 0 Å². The Morgan fingerprint density at radius 2 is 2.12 bits per heavy atom. The third kappa shape index (κ3) is 2.25. The summed E-state index contributed by atoms with van der Waals surface area (Å²) in [5.74, 6) is 1.13. The van der Waals surface area contributed by atoms with E-state index >= 15 is 0 Å². The van der Waals surface area contributed by atoms with Crippen molar-refractivity contribution in [3.63, 3.8) is 0 Å². The number of aryl methyl sites for hydroxylation is 1. The van der Waals surface area contributed by atoms with Crippen molar-refractivity contribution < 1.29 is 0 Å². The predicted molar refractivity (Wildman–Crippen MR) is 74.5 cm³/mol. The van der Waals surface area contributed by atoms with Gasteiger partial charge in [-0.05, 0) is 48.8 Å². The number of fused-ring (bicyclic) bond motifs is 1. The molecule has 16 heavy (non-hydrogen) atoms. The summed E-state index contributed by atoms with van der Waals surface area (Å²) in [6.45, 7) is 6.50. The number of hydrogen-bond acceptors (Lipinski definition) is 1. The van der Waals surface area contributed by atoms with Gasteiger partial charge in [-0.15, -0.1) is 11.8 Å². The molecule has 0 nitrogen and oxygen atoms in total. The fourth-order valence-corrected chi connectivity index (χ4v) is 3.04. The molecule has 1 aliphatic rings. The quantitative estimate of drug-likeness (QED) is 0.648. The summed E-state index contributed by atoms with van der Waals surface area (Å²) >= 11 is 1.97. The van der Waals surface area contributed by atoms with Crippen LogP contribution in [0.15, 0.2) is 35.3 Å². The molecule has 1 heteroatoms. The molecule has 0 atom stereocenters. The van der Waals surface area contributed by atoms with Crippen molar-refractivity contribution in [2.75, 3.05) is 0 Å². The van der Waals surface area contributed by atoms with Gasteiger partial charge in [-0.2, -0.15) is 0 Å². The molecule has 0 aromatic heterocycles. The van der Waals surface area contributed by atoms with Crippen molar-refractivity contribution in [2.45, 2.75) is 32.9 Å². The molecule has 1 aromatic rings. The van der Waals surface area contributed by atoms with Crippen LogP contribution in [0, 0.1) is 6.92 Å². The van der Waals surface area contributed by atoms with Gasteiger partial charge in [0.05, 0.1) is 0 Å². The van der Waals surface area contributed by atoms with Crippen molar-refractivity contribution >= 4 is 17.3 Å². The van der Waals surface area contributed by atoms with Gasteiger partial charge in [-0.3, -0.25) is 0 Å². The second kappa shape index (κ2) is 4.92. The maximum atomic E-state index is 2.33. The molecule has 0 radical (unpaired) electrons. The van der Waals surface area contributed by atoms with Crippen LogP contribution in [0.5, 0.6) is 0 Å². The van der Waals surface area contributed by atoms with Gasteiger partial charge < -0.3 is 0 Å². The zero-order valence-corrected chi connectivity index (χ0v) is 11.0. The molecule has 0 aliphatic carbocycles. The lowest BCUT2D eigenvalue weighted by Crippen LogP contribution is -1.99. The Morgan fingerprint density at radius 1 is 1.31 bits per heavy atom. The Kier molecular flexibility index (Phi) is 3.55. The van der Waals surface area contributed by atoms with Gasteiger partial charge in [0.1, 0.15) is 0 Å². The molecule has 2 rings (SSSR count). The van der Waals surface area contributed by atoms with Crippen LogP contribution in [0.2, 0.25) is 0 Å². The van der Waals surface area contributed by atoms with Crippen molar-refractivity contribution in [3.05, 3.63) is 51.9 Å². The normalized spacial score (nSPS) is 15.7. The molecular weight excluding hydrogens is 212 g/mol. The lowest BCUT2D eigenvalue weighted by molar-refractivity contribution is 1.26. The molecular formula is C15H18S. The van der Waals surface area contributed by atoms with E-state index in [0.717, 1.165) is 12.2 Å². The van der Waals surface area contributed by atoms with Crippen molar-refractivity contribution in [2.24, 2.45) is 0 Å². The molecule has 0 spiro atoms. The van der Waals surface area contributed by atoms with Crippen molar-refractivity contribution in [3.8, 4) is 0 Å². The first kappa shape index (κ1) is 11.5. The fraction of sp³-hybridized carbons (Fsp3) is 0.333. The van der Waals surface area contributed by atoms with Gasteiger partial charge in [-0.1, -0.05) is 35.9 Å². The lowest BCUT2D eigenvalue weighted by atomic mass is 9.95. The summed E-state index contributed by atoms with van der Waals surface area (Å²) in [7, 11) is 0. The Morgan fingerprint density at radius 3 is 2.88 bits per heavy atom. The molecule has 1 heterocycles. The topological polar surface area (TPSA) is 0 Å². The monoisotopic (exact) mass is 230 g/mol. The van der Waals surface area contributed by atoms with E-state index in [4.69, 9.17) is 0 Å². The molecule has 1 aromatic carbocycles. The van der Waals surface area contributed by atoms with E-state index in [1.165, 1.54) is 27.2 Å². The Labute approximate surface area is 102 Å². The first-order valence-electron chi connectivity index (χ1n) is 5.76. The molecule has 84 valence electrons. The molecule has 0 fully saturated rings. The lowest BCUT2D eigenvalue weighted by Gasteiger charge is -2.21. The zero-order chi connectivity index (χ0) is 11.5. The van der Waals surface area contributed by atoms with Crippen LogP contribution in [-0.4, -0.2) is 0 Å². The minimum Gasteiger partial charge on any atom is -0.126 e. The first-order chi connectivity index (χ1) is 7.72. The highest BCUT2D eigenvalue weighted by Gasteiger charge is 2.15. The van der Waals surface area contributed by atoms with Crippen LogP contribution in [0.1, 0.15) is 37.0 Å². The summed E-state index contributed by atoms with van der Waals surface area (Å²) in [5, 5.41) is 0. The molecule has 0 N–H and O–H groups in total. The van der Waals surface area contributed by atoms with Crippen LogP contribution in [0.3, 0.4) is 0 Å². The fourth-order valence-electron chi connectivity index (χ4n) is 2.05. The Hall–Kier alpha value is -0.950. The predicted octanol–water partition coefficient (Wildman–Crippen LogP) is 4.94. The van der Waals surface area contributed by atoms with Crippen LogP contribution < -0.4 is 0 Å². The summed E-state index contributed by atoms with van der Waals surface area (Å²) in [5.41, 5.74) is 5.82. The molecule has 0 saturated heterocycles. The van der Waals surface area contributed by atoms with Gasteiger partial charge >= 0.3 is 0 Å². The van der Waals surface area contributed by atoms with Crippen molar-refractivity contribution in [1.29, 1.82) is 0 Å². The number of allylic oxidation sites excluding steroid dienone is 4. The third-order valence-corrected chi connectivity index (χ3v) is 4.15. The van der Waals surface area contributed by atoms with E-state index in [0.29, 0.717) is 0 Å².